The Kier molecular flexibility index (Phi) is 4.06. The molecule has 0 saturated carbocycles. The fourth-order valence-electron chi connectivity index (χ4n) is 2.38. The van der Waals surface area contributed by atoms with Crippen molar-refractivity contribution < 1.29 is 0 Å². The van der Waals surface area contributed by atoms with Gasteiger partial charge in [-0.3, -0.25) is 0 Å². The maximum absolute atomic E-state index is 3.55. The topological polar surface area (TPSA) is 15.3 Å². The molecule has 1 aromatic carbocycles. The zero-order valence-corrected chi connectivity index (χ0v) is 11.3. The van der Waals surface area contributed by atoms with Gasteiger partial charge in [-0.25, -0.2) is 0 Å². The highest BCUT2D eigenvalue weighted by Gasteiger charge is 2.13. The lowest BCUT2D eigenvalue weighted by Gasteiger charge is -2.28. The summed E-state index contributed by atoms with van der Waals surface area (Å²) in [6, 6.07) is 7.52. The quantitative estimate of drug-likeness (QED) is 0.858. The number of benzene rings is 1. The lowest BCUT2D eigenvalue weighted by molar-refractivity contribution is 0.534. The van der Waals surface area contributed by atoms with E-state index in [-0.39, 0.29) is 0 Å². The monoisotopic (exact) mass is 232 g/mol. The van der Waals surface area contributed by atoms with Crippen LogP contribution in [0.3, 0.4) is 0 Å². The molecule has 2 nitrogen and oxygen atoms in total. The first kappa shape index (κ1) is 12.4. The van der Waals surface area contributed by atoms with Gasteiger partial charge in [0.05, 0.1) is 0 Å². The Labute approximate surface area is 105 Å². The molecule has 1 aliphatic heterocycles. The maximum atomic E-state index is 3.55. The molecule has 0 amide bonds. The summed E-state index contributed by atoms with van der Waals surface area (Å²) in [5, 5.41) is 3.55. The highest BCUT2D eigenvalue weighted by atomic mass is 15.1. The smallest absolute Gasteiger partial charge is 0.0396 e. The van der Waals surface area contributed by atoms with E-state index in [1.807, 2.05) is 0 Å². The van der Waals surface area contributed by atoms with E-state index in [4.69, 9.17) is 0 Å². The third-order valence-electron chi connectivity index (χ3n) is 3.76. The van der Waals surface area contributed by atoms with Crippen LogP contribution in [0.25, 0.3) is 0 Å². The standard InChI is InChI=1S/C15H24N2/c1-4-12(2)16-11-13-7-8-15-14(10-13)6-5-9-17(15)3/h7-8,10,12,16H,4-6,9,11H2,1-3H3. The molecule has 0 fully saturated rings. The van der Waals surface area contributed by atoms with E-state index in [1.165, 1.54) is 42.6 Å². The van der Waals surface area contributed by atoms with Gasteiger partial charge in [0.25, 0.3) is 0 Å². The van der Waals surface area contributed by atoms with Gasteiger partial charge < -0.3 is 10.2 Å². The van der Waals surface area contributed by atoms with Crippen molar-refractivity contribution in [1.82, 2.24) is 5.32 Å². The van der Waals surface area contributed by atoms with Gasteiger partial charge in [-0.2, -0.15) is 0 Å². The molecule has 1 atom stereocenters. The average molecular weight is 232 g/mol. The van der Waals surface area contributed by atoms with Crippen molar-refractivity contribution in [2.24, 2.45) is 0 Å². The number of hydrogen-bond acceptors (Lipinski definition) is 2. The molecule has 1 unspecified atom stereocenters. The molecule has 0 aliphatic carbocycles. The van der Waals surface area contributed by atoms with Gasteiger partial charge in [0.2, 0.25) is 0 Å². The van der Waals surface area contributed by atoms with Gasteiger partial charge in [0.15, 0.2) is 0 Å². The summed E-state index contributed by atoms with van der Waals surface area (Å²) in [6.45, 7) is 6.65. The number of nitrogens with zero attached hydrogens (tertiary/aromatic N) is 1. The van der Waals surface area contributed by atoms with E-state index < -0.39 is 0 Å². The summed E-state index contributed by atoms with van der Waals surface area (Å²) in [5.41, 5.74) is 4.35. The predicted molar refractivity (Wildman–Crippen MR) is 74.6 cm³/mol. The van der Waals surface area contributed by atoms with Crippen LogP contribution < -0.4 is 10.2 Å². The van der Waals surface area contributed by atoms with Crippen LogP contribution in [0.5, 0.6) is 0 Å². The van der Waals surface area contributed by atoms with Crippen LogP contribution in [-0.4, -0.2) is 19.6 Å². The van der Waals surface area contributed by atoms with Gasteiger partial charge in [-0.15, -0.1) is 0 Å². The van der Waals surface area contributed by atoms with Crippen molar-refractivity contribution >= 4 is 5.69 Å². The third kappa shape index (κ3) is 3.01. The first-order chi connectivity index (χ1) is 8.20. The molecule has 0 spiro atoms. The predicted octanol–water partition coefficient (Wildman–Crippen LogP) is 2.96. The lowest BCUT2D eigenvalue weighted by atomic mass is 9.99. The largest absolute Gasteiger partial charge is 0.374 e. The van der Waals surface area contributed by atoms with Crippen LogP contribution in [0.1, 0.15) is 37.8 Å². The minimum absolute atomic E-state index is 0.605. The van der Waals surface area contributed by atoms with Gasteiger partial charge in [-0.1, -0.05) is 19.1 Å². The molecule has 2 heteroatoms. The van der Waals surface area contributed by atoms with Crippen molar-refractivity contribution in [1.29, 1.82) is 0 Å². The van der Waals surface area contributed by atoms with E-state index in [0.29, 0.717) is 6.04 Å². The second-order valence-electron chi connectivity index (χ2n) is 5.18. The van der Waals surface area contributed by atoms with Gasteiger partial charge in [-0.05, 0) is 43.4 Å². The molecule has 0 aromatic heterocycles. The lowest BCUT2D eigenvalue weighted by Crippen LogP contribution is -2.26. The molecule has 0 saturated heterocycles. The van der Waals surface area contributed by atoms with E-state index in [0.717, 1.165) is 6.54 Å². The van der Waals surface area contributed by atoms with Crippen molar-refractivity contribution in [2.45, 2.75) is 45.7 Å². The van der Waals surface area contributed by atoms with Crippen LogP contribution in [0.15, 0.2) is 18.2 Å². The summed E-state index contributed by atoms with van der Waals surface area (Å²) >= 11 is 0. The molecule has 17 heavy (non-hydrogen) atoms. The van der Waals surface area contributed by atoms with Crippen LogP contribution in [0.4, 0.5) is 5.69 Å². The normalized spacial score (nSPS) is 16.8. The minimum Gasteiger partial charge on any atom is -0.374 e. The van der Waals surface area contributed by atoms with E-state index >= 15 is 0 Å². The highest BCUT2D eigenvalue weighted by molar-refractivity contribution is 5.56. The van der Waals surface area contributed by atoms with Crippen LogP contribution in [0, 0.1) is 0 Å². The van der Waals surface area contributed by atoms with Gasteiger partial charge >= 0.3 is 0 Å². The summed E-state index contributed by atoms with van der Waals surface area (Å²) in [5.74, 6) is 0. The van der Waals surface area contributed by atoms with E-state index in [1.54, 1.807) is 0 Å². The Morgan fingerprint density at radius 3 is 3.00 bits per heavy atom. The van der Waals surface area contributed by atoms with Crippen molar-refractivity contribution in [3.05, 3.63) is 29.3 Å². The number of nitrogens with one attached hydrogen (secondary N) is 1. The van der Waals surface area contributed by atoms with Gasteiger partial charge in [0.1, 0.15) is 0 Å². The Bertz CT molecular complexity index is 373. The van der Waals surface area contributed by atoms with Crippen LogP contribution in [-0.2, 0) is 13.0 Å². The third-order valence-corrected chi connectivity index (χ3v) is 3.76. The summed E-state index contributed by atoms with van der Waals surface area (Å²) in [6.07, 6.45) is 3.70. The number of hydrogen-bond donors (Lipinski definition) is 1. The minimum atomic E-state index is 0.605. The van der Waals surface area contributed by atoms with Crippen LogP contribution >= 0.6 is 0 Å². The Balaban J connectivity index is 2.05. The molecule has 94 valence electrons. The Morgan fingerprint density at radius 1 is 1.41 bits per heavy atom. The first-order valence-corrected chi connectivity index (χ1v) is 6.77. The number of anilines is 1. The molecule has 1 aromatic rings. The maximum Gasteiger partial charge on any atom is 0.0396 e. The molecule has 1 aliphatic rings. The second-order valence-corrected chi connectivity index (χ2v) is 5.18. The second kappa shape index (κ2) is 5.54. The Hall–Kier alpha value is -1.02. The zero-order chi connectivity index (χ0) is 12.3. The molecule has 2 rings (SSSR count). The zero-order valence-electron chi connectivity index (χ0n) is 11.3. The molecular weight excluding hydrogens is 208 g/mol. The summed E-state index contributed by atoms with van der Waals surface area (Å²) in [7, 11) is 2.19. The average Bonchev–Trinajstić information content (AvgIpc) is 2.36. The van der Waals surface area contributed by atoms with Gasteiger partial charge in [0, 0.05) is 31.9 Å². The molecular formula is C15H24N2. The fourth-order valence-corrected chi connectivity index (χ4v) is 2.38. The Morgan fingerprint density at radius 2 is 2.24 bits per heavy atom. The molecule has 0 bridgehead atoms. The summed E-state index contributed by atoms with van der Waals surface area (Å²) < 4.78 is 0. The van der Waals surface area contributed by atoms with Crippen LogP contribution in [0.2, 0.25) is 0 Å². The fraction of sp³-hybridized carbons (Fsp3) is 0.600. The van der Waals surface area contributed by atoms with Crippen molar-refractivity contribution in [3.63, 3.8) is 0 Å². The van der Waals surface area contributed by atoms with E-state index in [9.17, 15) is 0 Å². The molecule has 0 radical (unpaired) electrons. The summed E-state index contributed by atoms with van der Waals surface area (Å²) in [4.78, 5) is 2.37. The molecule has 1 N–H and O–H groups in total. The van der Waals surface area contributed by atoms with Crippen molar-refractivity contribution in [3.8, 4) is 0 Å². The highest BCUT2D eigenvalue weighted by Crippen LogP contribution is 2.26. The molecule has 1 heterocycles. The first-order valence-electron chi connectivity index (χ1n) is 6.77. The number of rotatable bonds is 4. The number of fused-ring (bicyclic) bond motifs is 1. The van der Waals surface area contributed by atoms with Crippen molar-refractivity contribution in [2.75, 3.05) is 18.5 Å². The SMILES string of the molecule is CCC(C)NCc1ccc2c(c1)CCCN2C. The van der Waals surface area contributed by atoms with E-state index in [2.05, 4.69) is 49.3 Å². The number of aryl methyl sites for hydroxylation is 1.